The summed E-state index contributed by atoms with van der Waals surface area (Å²) in [6.45, 7) is 8.37. The van der Waals surface area contributed by atoms with Gasteiger partial charge < -0.3 is 15.8 Å². The van der Waals surface area contributed by atoms with Crippen molar-refractivity contribution in [2.45, 2.75) is 32.1 Å². The maximum absolute atomic E-state index is 10.2. The molecule has 4 nitrogen and oxygen atoms in total. The van der Waals surface area contributed by atoms with Crippen LogP contribution < -0.4 is 5.84 Å². The molecule has 0 unspecified atom stereocenters. The number of amidine groups is 1. The van der Waals surface area contributed by atoms with Gasteiger partial charge in [-0.2, -0.15) is 5.10 Å². The Morgan fingerprint density at radius 2 is 1.73 bits per heavy atom. The molecule has 0 aromatic heterocycles. The summed E-state index contributed by atoms with van der Waals surface area (Å²) >= 11 is 6.06. The Balaban J connectivity index is 2.50. The van der Waals surface area contributed by atoms with Crippen molar-refractivity contribution in [2.24, 2.45) is 10.9 Å². The van der Waals surface area contributed by atoms with Crippen LogP contribution in [0.15, 0.2) is 60.2 Å². The number of halogens is 1. The molecule has 0 fully saturated rings. The van der Waals surface area contributed by atoms with Crippen LogP contribution >= 0.6 is 11.6 Å². The van der Waals surface area contributed by atoms with Crippen LogP contribution in [-0.4, -0.2) is 22.9 Å². The van der Waals surface area contributed by atoms with Gasteiger partial charge in [-0.15, -0.1) is 0 Å². The van der Waals surface area contributed by atoms with Gasteiger partial charge in [0.15, 0.2) is 0 Å². The number of nitrogens with zero attached hydrogens (tertiary/aromatic N) is 2. The Hall–Kier alpha value is -2.46. The SMILES string of the molecule is C=C(c1ccccc1O)N(C)/C(=N\N)C(CC)(CC)c1ccc(Cl)cc1. The summed E-state index contributed by atoms with van der Waals surface area (Å²) in [4.78, 5) is 1.86. The van der Waals surface area contributed by atoms with Crippen molar-refractivity contribution in [3.8, 4) is 5.75 Å². The van der Waals surface area contributed by atoms with Crippen LogP contribution in [-0.2, 0) is 5.41 Å². The van der Waals surface area contributed by atoms with E-state index in [9.17, 15) is 5.11 Å². The zero-order valence-corrected chi connectivity index (χ0v) is 16.3. The van der Waals surface area contributed by atoms with Gasteiger partial charge >= 0.3 is 0 Å². The van der Waals surface area contributed by atoms with E-state index in [2.05, 4.69) is 25.5 Å². The Morgan fingerprint density at radius 3 is 2.23 bits per heavy atom. The van der Waals surface area contributed by atoms with E-state index in [-0.39, 0.29) is 11.2 Å². The topological polar surface area (TPSA) is 61.8 Å². The quantitative estimate of drug-likeness (QED) is 0.326. The van der Waals surface area contributed by atoms with Crippen LogP contribution in [0.4, 0.5) is 0 Å². The van der Waals surface area contributed by atoms with E-state index in [4.69, 9.17) is 17.4 Å². The third-order valence-electron chi connectivity index (χ3n) is 5.09. The Bertz CT molecular complexity index is 795. The highest BCUT2D eigenvalue weighted by Gasteiger charge is 2.37. The highest BCUT2D eigenvalue weighted by Crippen LogP contribution is 2.37. The second-order valence-electron chi connectivity index (χ2n) is 6.27. The minimum Gasteiger partial charge on any atom is -0.507 e. The van der Waals surface area contributed by atoms with Crippen molar-refractivity contribution < 1.29 is 5.11 Å². The van der Waals surface area contributed by atoms with E-state index in [1.807, 2.05) is 48.3 Å². The highest BCUT2D eigenvalue weighted by atomic mass is 35.5. The van der Waals surface area contributed by atoms with Crippen molar-refractivity contribution in [2.75, 3.05) is 7.05 Å². The van der Waals surface area contributed by atoms with Gasteiger partial charge in [-0.25, -0.2) is 0 Å². The Kier molecular flexibility index (Phi) is 6.32. The molecule has 0 atom stereocenters. The molecule has 2 aromatic rings. The number of phenols is 1. The van der Waals surface area contributed by atoms with Gasteiger partial charge in [-0.3, -0.25) is 0 Å². The maximum Gasteiger partial charge on any atom is 0.139 e. The molecule has 5 heteroatoms. The summed E-state index contributed by atoms with van der Waals surface area (Å²) in [5.74, 6) is 6.71. The van der Waals surface area contributed by atoms with E-state index in [1.54, 1.807) is 12.1 Å². The molecule has 0 spiro atoms. The monoisotopic (exact) mass is 371 g/mol. The summed E-state index contributed by atoms with van der Waals surface area (Å²) in [7, 11) is 1.87. The number of benzene rings is 2. The van der Waals surface area contributed by atoms with Crippen molar-refractivity contribution in [3.63, 3.8) is 0 Å². The second kappa shape index (κ2) is 8.28. The predicted octanol–water partition coefficient (Wildman–Crippen LogP) is 4.98. The van der Waals surface area contributed by atoms with Gasteiger partial charge in [-0.1, -0.05) is 56.3 Å². The van der Waals surface area contributed by atoms with Crippen molar-refractivity contribution >= 4 is 23.1 Å². The zero-order valence-electron chi connectivity index (χ0n) is 15.5. The zero-order chi connectivity index (χ0) is 19.3. The lowest BCUT2D eigenvalue weighted by atomic mass is 9.74. The van der Waals surface area contributed by atoms with Gasteiger partial charge in [0.05, 0.1) is 5.41 Å². The lowest BCUT2D eigenvalue weighted by Crippen LogP contribution is -2.44. The van der Waals surface area contributed by atoms with E-state index < -0.39 is 0 Å². The van der Waals surface area contributed by atoms with Crippen molar-refractivity contribution in [1.82, 2.24) is 4.90 Å². The Labute approximate surface area is 160 Å². The molecular formula is C21H26ClN3O. The number of nitrogens with two attached hydrogens (primary N) is 1. The molecule has 0 radical (unpaired) electrons. The molecule has 3 N–H and O–H groups in total. The summed E-state index contributed by atoms with van der Waals surface area (Å²) in [6.07, 6.45) is 1.61. The summed E-state index contributed by atoms with van der Waals surface area (Å²) < 4.78 is 0. The van der Waals surface area contributed by atoms with E-state index in [1.165, 1.54) is 0 Å². The summed E-state index contributed by atoms with van der Waals surface area (Å²) in [6, 6.07) is 14.9. The number of hydrogen-bond donors (Lipinski definition) is 2. The molecule has 0 saturated carbocycles. The molecule has 0 aliphatic carbocycles. The second-order valence-corrected chi connectivity index (χ2v) is 6.71. The fraction of sp³-hybridized carbons (Fsp3) is 0.286. The lowest BCUT2D eigenvalue weighted by Gasteiger charge is -2.38. The first-order chi connectivity index (χ1) is 12.4. The van der Waals surface area contributed by atoms with Gasteiger partial charge in [-0.05, 0) is 42.7 Å². The number of para-hydroxylation sites is 1. The number of hydrogen-bond acceptors (Lipinski definition) is 3. The molecular weight excluding hydrogens is 346 g/mol. The van der Waals surface area contributed by atoms with E-state index in [0.717, 1.165) is 18.4 Å². The standard InChI is InChI=1S/C21H26ClN3O/c1-5-21(6-2,16-11-13-17(22)14-12-16)20(24-23)25(4)15(3)18-9-7-8-10-19(18)26/h7-14,26H,3,5-6,23H2,1-2,4H3/b24-20-. The molecule has 0 saturated heterocycles. The third-order valence-corrected chi connectivity index (χ3v) is 5.34. The van der Waals surface area contributed by atoms with Gasteiger partial charge in [0.25, 0.3) is 0 Å². The normalized spacial score (nSPS) is 12.1. The van der Waals surface area contributed by atoms with Gasteiger partial charge in [0.2, 0.25) is 0 Å². The molecule has 0 bridgehead atoms. The summed E-state index contributed by atoms with van der Waals surface area (Å²) in [5.41, 5.74) is 1.98. The van der Waals surface area contributed by atoms with Crippen molar-refractivity contribution in [1.29, 1.82) is 0 Å². The van der Waals surface area contributed by atoms with Crippen LogP contribution in [0.5, 0.6) is 5.75 Å². The van der Waals surface area contributed by atoms with Crippen LogP contribution in [0.1, 0.15) is 37.8 Å². The highest BCUT2D eigenvalue weighted by molar-refractivity contribution is 6.30. The number of likely N-dealkylation sites (N-methyl/N-ethyl adjacent to an activating group) is 1. The van der Waals surface area contributed by atoms with Crippen molar-refractivity contribution in [3.05, 3.63) is 71.3 Å². The fourth-order valence-electron chi connectivity index (χ4n) is 3.43. The Morgan fingerprint density at radius 1 is 1.15 bits per heavy atom. The molecule has 0 aliphatic rings. The third kappa shape index (κ3) is 3.56. The first-order valence-corrected chi connectivity index (χ1v) is 9.04. The number of hydrazone groups is 1. The average molecular weight is 372 g/mol. The van der Waals surface area contributed by atoms with E-state index >= 15 is 0 Å². The minimum absolute atomic E-state index is 0.172. The van der Waals surface area contributed by atoms with Crippen LogP contribution in [0.25, 0.3) is 5.70 Å². The molecule has 2 rings (SSSR count). The molecule has 0 heterocycles. The summed E-state index contributed by atoms with van der Waals surface area (Å²) in [5, 5.41) is 15.0. The maximum atomic E-state index is 10.2. The smallest absolute Gasteiger partial charge is 0.139 e. The van der Waals surface area contributed by atoms with E-state index in [0.29, 0.717) is 22.1 Å². The molecule has 138 valence electrons. The largest absolute Gasteiger partial charge is 0.507 e. The predicted molar refractivity (Wildman–Crippen MR) is 110 cm³/mol. The molecule has 26 heavy (non-hydrogen) atoms. The average Bonchev–Trinajstić information content (AvgIpc) is 2.66. The van der Waals surface area contributed by atoms with Crippen LogP contribution in [0, 0.1) is 0 Å². The fourth-order valence-corrected chi connectivity index (χ4v) is 3.56. The first kappa shape index (κ1) is 19.9. The minimum atomic E-state index is -0.387. The molecule has 2 aromatic carbocycles. The van der Waals surface area contributed by atoms with Crippen LogP contribution in [0.3, 0.4) is 0 Å². The number of phenolic OH excluding ortho intramolecular Hbond substituents is 1. The van der Waals surface area contributed by atoms with Gasteiger partial charge in [0.1, 0.15) is 11.6 Å². The van der Waals surface area contributed by atoms with Crippen LogP contribution in [0.2, 0.25) is 5.02 Å². The molecule has 0 amide bonds. The number of aromatic hydroxyl groups is 1. The first-order valence-electron chi connectivity index (χ1n) is 8.66. The molecule has 0 aliphatic heterocycles. The number of rotatable bonds is 6. The van der Waals surface area contributed by atoms with Gasteiger partial charge in [0, 0.05) is 23.3 Å². The lowest BCUT2D eigenvalue weighted by molar-refractivity contribution is 0.465.